The van der Waals surface area contributed by atoms with Gasteiger partial charge >= 0.3 is 7.60 Å². The van der Waals surface area contributed by atoms with Crippen molar-refractivity contribution in [2.75, 3.05) is 0 Å². The fourth-order valence-electron chi connectivity index (χ4n) is 5.50. The Morgan fingerprint density at radius 2 is 1.56 bits per heavy atom. The molecule has 176 valence electrons. The molecule has 1 heterocycles. The average molecular weight is 490 g/mol. The topological polar surface area (TPSA) is 86.2 Å². The highest BCUT2D eigenvalue weighted by Gasteiger charge is 2.36. The van der Waals surface area contributed by atoms with E-state index < -0.39 is 12.9 Å². The average Bonchev–Trinajstić information content (AvgIpc) is 3.30. The maximum absolute atomic E-state index is 11.5. The molecule has 0 saturated heterocycles. The van der Waals surface area contributed by atoms with Crippen LogP contribution in [0, 0.1) is 11.3 Å². The van der Waals surface area contributed by atoms with E-state index in [0.29, 0.717) is 5.56 Å². The summed E-state index contributed by atoms with van der Waals surface area (Å²) in [4.78, 5) is 18.8. The van der Waals surface area contributed by atoms with Crippen molar-refractivity contribution in [3.05, 3.63) is 107 Å². The summed E-state index contributed by atoms with van der Waals surface area (Å²) in [5.74, 6) is 0. The Hall–Kier alpha value is -3.94. The van der Waals surface area contributed by atoms with E-state index in [0.717, 1.165) is 22.1 Å². The van der Waals surface area contributed by atoms with Gasteiger partial charge in [0.05, 0.1) is 11.0 Å². The number of fused-ring (bicyclic) bond motifs is 6. The molecule has 0 bridgehead atoms. The van der Waals surface area contributed by atoms with Gasteiger partial charge in [0.25, 0.3) is 0 Å². The first-order chi connectivity index (χ1) is 17.2. The van der Waals surface area contributed by atoms with Gasteiger partial charge in [-0.05, 0) is 64.2 Å². The first kappa shape index (κ1) is 22.5. The minimum absolute atomic E-state index is 0.119. The van der Waals surface area contributed by atoms with Gasteiger partial charge in [-0.2, -0.15) is 5.26 Å². The number of allylic oxidation sites excluding steroid dienone is 1. The van der Waals surface area contributed by atoms with Crippen LogP contribution in [-0.2, 0) is 9.98 Å². The number of rotatable bonds is 3. The van der Waals surface area contributed by atoms with Crippen molar-refractivity contribution >= 4 is 35.5 Å². The SMILES string of the molecule is CC1(C)c2ccccc2-c2cc3c4ccccc4n(-c4ccc(C=C(C#N)P(=O)(O)O)cc4)c3cc21. The van der Waals surface area contributed by atoms with Crippen LogP contribution in [0.4, 0.5) is 0 Å². The molecule has 5 nitrogen and oxygen atoms in total. The zero-order valence-corrected chi connectivity index (χ0v) is 20.7. The molecular formula is C30H23N2O3P. The maximum Gasteiger partial charge on any atom is 0.366 e. The van der Waals surface area contributed by atoms with Gasteiger partial charge in [-0.25, -0.2) is 0 Å². The van der Waals surface area contributed by atoms with Crippen molar-refractivity contribution in [2.45, 2.75) is 19.3 Å². The Bertz CT molecular complexity index is 1820. The molecule has 0 unspecified atom stereocenters. The van der Waals surface area contributed by atoms with Crippen molar-refractivity contribution in [1.82, 2.24) is 4.57 Å². The third kappa shape index (κ3) is 3.27. The summed E-state index contributed by atoms with van der Waals surface area (Å²) in [6, 6.07) is 30.5. The summed E-state index contributed by atoms with van der Waals surface area (Å²) in [5.41, 5.74) is 8.73. The van der Waals surface area contributed by atoms with Crippen molar-refractivity contribution < 1.29 is 14.4 Å². The molecule has 2 N–H and O–H groups in total. The van der Waals surface area contributed by atoms with Crippen molar-refractivity contribution in [3.8, 4) is 22.9 Å². The van der Waals surface area contributed by atoms with Crippen LogP contribution in [0.3, 0.4) is 0 Å². The highest BCUT2D eigenvalue weighted by molar-refractivity contribution is 7.57. The van der Waals surface area contributed by atoms with E-state index in [9.17, 15) is 14.4 Å². The molecular weight excluding hydrogens is 467 g/mol. The van der Waals surface area contributed by atoms with Gasteiger partial charge in [0, 0.05) is 21.9 Å². The highest BCUT2D eigenvalue weighted by Crippen LogP contribution is 2.51. The smallest absolute Gasteiger partial charge is 0.321 e. The van der Waals surface area contributed by atoms with E-state index in [-0.39, 0.29) is 5.41 Å². The van der Waals surface area contributed by atoms with Crippen LogP contribution in [0.1, 0.15) is 30.5 Å². The summed E-state index contributed by atoms with van der Waals surface area (Å²) in [6.07, 6.45) is 1.24. The molecule has 0 radical (unpaired) electrons. The number of benzene rings is 4. The Labute approximate surface area is 208 Å². The molecule has 0 saturated carbocycles. The first-order valence-electron chi connectivity index (χ1n) is 11.7. The second-order valence-electron chi connectivity index (χ2n) is 9.72. The summed E-state index contributed by atoms with van der Waals surface area (Å²) in [6.45, 7) is 4.54. The fourth-order valence-corrected chi connectivity index (χ4v) is 5.95. The van der Waals surface area contributed by atoms with E-state index in [1.54, 1.807) is 18.2 Å². The van der Waals surface area contributed by atoms with Crippen LogP contribution >= 0.6 is 7.60 Å². The molecule has 1 aliphatic rings. The third-order valence-corrected chi connectivity index (χ3v) is 8.12. The zero-order chi connectivity index (χ0) is 25.2. The molecule has 4 aromatic carbocycles. The Morgan fingerprint density at radius 3 is 2.28 bits per heavy atom. The summed E-state index contributed by atoms with van der Waals surface area (Å²) >= 11 is 0. The lowest BCUT2D eigenvalue weighted by Crippen LogP contribution is -2.14. The standard InChI is InChI=1S/C30H23N2O3P/c1-30(2)26-9-5-3-7-22(26)24-16-25-23-8-4-6-10-28(23)32(29(25)17-27(24)30)20-13-11-19(12-14-20)15-21(18-31)36(33,34)35/h3-17H,1-2H3,(H2,33,34,35). The van der Waals surface area contributed by atoms with Crippen LogP contribution in [0.15, 0.2) is 90.2 Å². The van der Waals surface area contributed by atoms with Gasteiger partial charge in [-0.3, -0.25) is 4.57 Å². The zero-order valence-electron chi connectivity index (χ0n) is 19.8. The normalized spacial score (nSPS) is 14.6. The van der Waals surface area contributed by atoms with E-state index in [1.807, 2.05) is 18.2 Å². The van der Waals surface area contributed by atoms with E-state index in [4.69, 9.17) is 5.26 Å². The summed E-state index contributed by atoms with van der Waals surface area (Å²) in [5, 5.41) is 10.9. The summed E-state index contributed by atoms with van der Waals surface area (Å²) < 4.78 is 13.8. The maximum atomic E-state index is 11.5. The Kier molecular flexibility index (Phi) is 4.87. The quantitative estimate of drug-likeness (QED) is 0.208. The minimum atomic E-state index is -4.62. The van der Waals surface area contributed by atoms with Gasteiger partial charge in [0.2, 0.25) is 0 Å². The third-order valence-electron chi connectivity index (χ3n) is 7.26. The lowest BCUT2D eigenvalue weighted by molar-refractivity contribution is 0.384. The monoisotopic (exact) mass is 490 g/mol. The summed E-state index contributed by atoms with van der Waals surface area (Å²) in [7, 11) is -4.62. The van der Waals surface area contributed by atoms with Crippen molar-refractivity contribution in [2.24, 2.45) is 0 Å². The predicted molar refractivity (Wildman–Crippen MR) is 144 cm³/mol. The number of hydrogen-bond acceptors (Lipinski definition) is 2. The van der Waals surface area contributed by atoms with Crippen molar-refractivity contribution in [1.29, 1.82) is 5.26 Å². The van der Waals surface area contributed by atoms with Gasteiger partial charge < -0.3 is 14.4 Å². The van der Waals surface area contributed by atoms with Crippen LogP contribution in [0.2, 0.25) is 0 Å². The molecule has 6 rings (SSSR count). The second-order valence-corrected chi connectivity index (χ2v) is 11.3. The van der Waals surface area contributed by atoms with E-state index in [2.05, 4.69) is 73.0 Å². The van der Waals surface area contributed by atoms with Gasteiger partial charge in [0.15, 0.2) is 0 Å². The fraction of sp³-hybridized carbons (Fsp3) is 0.100. The van der Waals surface area contributed by atoms with Gasteiger partial charge in [-0.1, -0.05) is 68.4 Å². The molecule has 1 aliphatic carbocycles. The second kappa shape index (κ2) is 7.78. The predicted octanol–water partition coefficient (Wildman–Crippen LogP) is 7.13. The molecule has 0 amide bonds. The van der Waals surface area contributed by atoms with Crippen LogP contribution in [0.5, 0.6) is 0 Å². The molecule has 5 aromatic rings. The molecule has 0 fully saturated rings. The van der Waals surface area contributed by atoms with Gasteiger partial charge in [0.1, 0.15) is 11.4 Å². The van der Waals surface area contributed by atoms with E-state index in [1.165, 1.54) is 33.7 Å². The first-order valence-corrected chi connectivity index (χ1v) is 13.3. The molecule has 0 aliphatic heterocycles. The molecule has 0 atom stereocenters. The lowest BCUT2D eigenvalue weighted by atomic mass is 9.82. The number of nitrogens with zero attached hydrogens (tertiary/aromatic N) is 2. The van der Waals surface area contributed by atoms with E-state index >= 15 is 0 Å². The Balaban J connectivity index is 1.58. The number of hydrogen-bond donors (Lipinski definition) is 2. The van der Waals surface area contributed by atoms with Crippen molar-refractivity contribution in [3.63, 3.8) is 0 Å². The number of aromatic nitrogens is 1. The highest BCUT2D eigenvalue weighted by atomic mass is 31.2. The molecule has 6 heteroatoms. The number of nitriles is 1. The molecule has 1 aromatic heterocycles. The Morgan fingerprint density at radius 1 is 0.861 bits per heavy atom. The van der Waals surface area contributed by atoms with Crippen LogP contribution in [-0.4, -0.2) is 14.4 Å². The van der Waals surface area contributed by atoms with Crippen LogP contribution < -0.4 is 0 Å². The van der Waals surface area contributed by atoms with Crippen LogP contribution in [0.25, 0.3) is 44.7 Å². The minimum Gasteiger partial charge on any atom is -0.321 e. The lowest BCUT2D eigenvalue weighted by Gasteiger charge is -2.21. The number of para-hydroxylation sites is 1. The van der Waals surface area contributed by atoms with Gasteiger partial charge in [-0.15, -0.1) is 0 Å². The molecule has 36 heavy (non-hydrogen) atoms. The molecule has 0 spiro atoms. The largest absolute Gasteiger partial charge is 0.366 e.